The first-order valence-corrected chi connectivity index (χ1v) is 19.3. The Kier molecular flexibility index (Phi) is 6.85. The van der Waals surface area contributed by atoms with Gasteiger partial charge in [-0.2, -0.15) is 19.2 Å². The molecule has 11 nitrogen and oxygen atoms in total. The molecule has 1 atom stereocenters. The van der Waals surface area contributed by atoms with Crippen molar-refractivity contribution in [1.82, 2.24) is 29.4 Å². The van der Waals surface area contributed by atoms with Crippen molar-refractivity contribution in [1.29, 1.82) is 0 Å². The standard InChI is InChI=1S/C26H40N8O3SSi/c1-20-14-36-9-8-33(20)24-12-22(30-38(35)17-26(18-38)15-31(2)16-26)21-13-27-34(25(21)28-24)23-6-7-32(29-23)19-37-10-11-39(3,4)5/h6-7,12-13,20H,8-11,14-19H2,1-5H3/t20-/m1/s1. The largest absolute Gasteiger partial charge is 0.377 e. The number of pyridine rings is 1. The summed E-state index contributed by atoms with van der Waals surface area (Å²) in [6, 6.07) is 5.18. The summed E-state index contributed by atoms with van der Waals surface area (Å²) in [5.41, 5.74) is 1.54. The highest BCUT2D eigenvalue weighted by Crippen LogP contribution is 2.44. The van der Waals surface area contributed by atoms with Crippen LogP contribution in [0, 0.1) is 5.41 Å². The van der Waals surface area contributed by atoms with Crippen molar-refractivity contribution >= 4 is 40.3 Å². The number of aromatic nitrogens is 5. The van der Waals surface area contributed by atoms with Gasteiger partial charge in [0.15, 0.2) is 11.5 Å². The van der Waals surface area contributed by atoms with Gasteiger partial charge in [-0.1, -0.05) is 19.6 Å². The molecule has 3 aromatic heterocycles. The Morgan fingerprint density at radius 1 is 1.26 bits per heavy atom. The van der Waals surface area contributed by atoms with Gasteiger partial charge in [-0.15, -0.1) is 0 Å². The molecule has 0 N–H and O–H groups in total. The van der Waals surface area contributed by atoms with Gasteiger partial charge in [0.2, 0.25) is 0 Å². The lowest BCUT2D eigenvalue weighted by atomic mass is 9.83. The van der Waals surface area contributed by atoms with Gasteiger partial charge in [-0.05, 0) is 20.0 Å². The molecule has 3 fully saturated rings. The van der Waals surface area contributed by atoms with Gasteiger partial charge in [0, 0.05) is 69.6 Å². The van der Waals surface area contributed by atoms with Crippen LogP contribution in [0.25, 0.3) is 16.9 Å². The van der Waals surface area contributed by atoms with E-state index in [1.54, 1.807) is 15.6 Å². The molecule has 0 amide bonds. The molecule has 39 heavy (non-hydrogen) atoms. The van der Waals surface area contributed by atoms with Gasteiger partial charge in [0.25, 0.3) is 0 Å². The first-order chi connectivity index (χ1) is 18.5. The zero-order chi connectivity index (χ0) is 27.4. The van der Waals surface area contributed by atoms with Crippen molar-refractivity contribution in [2.75, 3.05) is 62.9 Å². The molecule has 0 saturated carbocycles. The minimum Gasteiger partial charge on any atom is -0.377 e. The van der Waals surface area contributed by atoms with Gasteiger partial charge in [0.05, 0.1) is 46.3 Å². The second-order valence-electron chi connectivity index (χ2n) is 12.8. The fourth-order valence-electron chi connectivity index (χ4n) is 5.94. The predicted molar refractivity (Wildman–Crippen MR) is 156 cm³/mol. The molecule has 3 aliphatic heterocycles. The number of hydrogen-bond donors (Lipinski definition) is 0. The summed E-state index contributed by atoms with van der Waals surface area (Å²) in [6.45, 7) is 14.3. The normalized spacial score (nSPS) is 22.7. The fraction of sp³-hybridized carbons (Fsp3) is 0.654. The molecule has 6 heterocycles. The molecular formula is C26H40N8O3SSi. The Labute approximate surface area is 231 Å². The Balaban J connectivity index is 1.32. The molecule has 212 valence electrons. The monoisotopic (exact) mass is 572 g/mol. The van der Waals surface area contributed by atoms with Crippen molar-refractivity contribution in [2.45, 2.75) is 45.4 Å². The highest BCUT2D eigenvalue weighted by molar-refractivity contribution is 7.95. The number of nitrogens with zero attached hydrogens (tertiary/aromatic N) is 8. The number of morpholine rings is 1. The van der Waals surface area contributed by atoms with Gasteiger partial charge < -0.3 is 19.3 Å². The molecule has 3 saturated heterocycles. The van der Waals surface area contributed by atoms with Crippen molar-refractivity contribution < 1.29 is 13.7 Å². The van der Waals surface area contributed by atoms with E-state index in [1.165, 1.54) is 0 Å². The highest BCUT2D eigenvalue weighted by atomic mass is 32.2. The molecule has 0 aromatic carbocycles. The SMILES string of the molecule is C[C@@H]1COCCN1c1cc(N=S2(=O)CC3(CN(C)C3)C2)c2cnn(-c3ccn(COCC[Si](C)(C)C)n3)c2n1. The summed E-state index contributed by atoms with van der Waals surface area (Å²) in [4.78, 5) is 9.55. The van der Waals surface area contributed by atoms with Crippen molar-refractivity contribution in [3.63, 3.8) is 0 Å². The van der Waals surface area contributed by atoms with Crippen molar-refractivity contribution in [2.24, 2.45) is 9.78 Å². The van der Waals surface area contributed by atoms with Gasteiger partial charge in [-0.25, -0.2) is 13.9 Å². The maximum Gasteiger partial charge on any atom is 0.177 e. The maximum absolute atomic E-state index is 13.7. The number of rotatable bonds is 8. The van der Waals surface area contributed by atoms with E-state index in [1.807, 2.05) is 18.3 Å². The minimum atomic E-state index is -2.30. The summed E-state index contributed by atoms with van der Waals surface area (Å²) in [6.07, 6.45) is 3.67. The molecule has 13 heteroatoms. The van der Waals surface area contributed by atoms with E-state index >= 15 is 0 Å². The second-order valence-corrected chi connectivity index (χ2v) is 20.7. The Hall–Kier alpha value is -2.32. The highest BCUT2D eigenvalue weighted by Gasteiger charge is 2.53. The predicted octanol–water partition coefficient (Wildman–Crippen LogP) is 3.20. The number of fused-ring (bicyclic) bond motifs is 1. The van der Waals surface area contributed by atoms with Gasteiger partial charge in [-0.3, -0.25) is 0 Å². The van der Waals surface area contributed by atoms with Crippen molar-refractivity contribution in [3.05, 3.63) is 24.5 Å². The van der Waals surface area contributed by atoms with Crippen LogP contribution in [0.4, 0.5) is 11.5 Å². The van der Waals surface area contributed by atoms with E-state index in [0.29, 0.717) is 48.6 Å². The molecule has 6 rings (SSSR count). The molecule has 0 bridgehead atoms. The van der Waals surface area contributed by atoms with Crippen LogP contribution in [0.3, 0.4) is 0 Å². The number of ether oxygens (including phenoxy) is 2. The Bertz CT molecular complexity index is 1470. The first kappa shape index (κ1) is 26.9. The molecule has 0 unspecified atom stereocenters. The van der Waals surface area contributed by atoms with E-state index < -0.39 is 17.8 Å². The van der Waals surface area contributed by atoms with E-state index in [2.05, 4.69) is 48.5 Å². The average molecular weight is 573 g/mol. The fourth-order valence-corrected chi connectivity index (χ4v) is 9.53. The lowest BCUT2D eigenvalue weighted by molar-refractivity contribution is 0.0515. The zero-order valence-electron chi connectivity index (χ0n) is 23.7. The molecule has 3 aromatic rings. The lowest BCUT2D eigenvalue weighted by Crippen LogP contribution is -2.66. The summed E-state index contributed by atoms with van der Waals surface area (Å²) in [5.74, 6) is 2.78. The summed E-state index contributed by atoms with van der Waals surface area (Å²) >= 11 is 0. The third-order valence-electron chi connectivity index (χ3n) is 7.77. The molecule has 1 spiro atoms. The number of likely N-dealkylation sites (tertiary alicyclic amines) is 1. The van der Waals surface area contributed by atoms with Crippen LogP contribution in [-0.2, 0) is 25.9 Å². The topological polar surface area (TPSA) is 103 Å². The second kappa shape index (κ2) is 9.95. The summed E-state index contributed by atoms with van der Waals surface area (Å²) in [5, 5.41) is 10.1. The number of anilines is 1. The minimum absolute atomic E-state index is 0.173. The van der Waals surface area contributed by atoms with E-state index in [4.69, 9.17) is 23.9 Å². The molecule has 3 aliphatic rings. The van der Waals surface area contributed by atoms with Crippen LogP contribution in [0.15, 0.2) is 28.9 Å². The first-order valence-electron chi connectivity index (χ1n) is 13.8. The van der Waals surface area contributed by atoms with Crippen LogP contribution >= 0.6 is 0 Å². The van der Waals surface area contributed by atoms with E-state index in [0.717, 1.165) is 43.5 Å². The van der Waals surface area contributed by atoms with Crippen molar-refractivity contribution in [3.8, 4) is 5.82 Å². The molecule has 0 radical (unpaired) electrons. The third kappa shape index (κ3) is 5.51. The van der Waals surface area contributed by atoms with Crippen LogP contribution in [0.2, 0.25) is 25.7 Å². The Morgan fingerprint density at radius 3 is 2.77 bits per heavy atom. The Morgan fingerprint density at radius 2 is 2.05 bits per heavy atom. The molecular weight excluding hydrogens is 532 g/mol. The van der Waals surface area contributed by atoms with E-state index in [9.17, 15) is 4.21 Å². The third-order valence-corrected chi connectivity index (χ3v) is 12.1. The summed E-state index contributed by atoms with van der Waals surface area (Å²) in [7, 11) is -1.33. The zero-order valence-corrected chi connectivity index (χ0v) is 25.5. The number of hydrogen-bond acceptors (Lipinski definition) is 9. The van der Waals surface area contributed by atoms with Crippen LogP contribution < -0.4 is 4.90 Å². The van der Waals surface area contributed by atoms with E-state index in [-0.39, 0.29) is 11.5 Å². The van der Waals surface area contributed by atoms with Crippen LogP contribution in [-0.4, -0.2) is 106 Å². The maximum atomic E-state index is 13.7. The lowest BCUT2D eigenvalue weighted by Gasteiger charge is -2.55. The quantitative estimate of drug-likeness (QED) is 0.300. The average Bonchev–Trinajstić information content (AvgIpc) is 3.46. The smallest absolute Gasteiger partial charge is 0.177 e. The summed E-state index contributed by atoms with van der Waals surface area (Å²) < 4.78 is 33.7. The van der Waals surface area contributed by atoms with Crippen LogP contribution in [0.5, 0.6) is 0 Å². The van der Waals surface area contributed by atoms with Gasteiger partial charge >= 0.3 is 0 Å². The van der Waals surface area contributed by atoms with Gasteiger partial charge in [0.1, 0.15) is 12.5 Å². The molecule has 0 aliphatic carbocycles. The van der Waals surface area contributed by atoms with Crippen LogP contribution in [0.1, 0.15) is 6.92 Å².